The van der Waals surface area contributed by atoms with Gasteiger partial charge in [-0.1, -0.05) is 57.2 Å². The Kier molecular flexibility index (Phi) is 4.81. The van der Waals surface area contributed by atoms with Crippen LogP contribution in [0.4, 0.5) is 5.69 Å². The minimum absolute atomic E-state index is 0.0899. The predicted molar refractivity (Wildman–Crippen MR) is 107 cm³/mol. The van der Waals surface area contributed by atoms with Crippen molar-refractivity contribution in [2.45, 2.75) is 26.2 Å². The highest BCUT2D eigenvalue weighted by Crippen LogP contribution is 2.24. The summed E-state index contributed by atoms with van der Waals surface area (Å²) in [5.41, 5.74) is 4.70. The van der Waals surface area contributed by atoms with Crippen LogP contribution in [0.1, 0.15) is 36.7 Å². The molecule has 1 amide bonds. The van der Waals surface area contributed by atoms with Gasteiger partial charge in [0.2, 0.25) is 0 Å². The highest BCUT2D eigenvalue weighted by atomic mass is 16.3. The average Bonchev–Trinajstić information content (AvgIpc) is 2.62. The largest absolute Gasteiger partial charge is 0.508 e. The fourth-order valence-corrected chi connectivity index (χ4v) is 2.72. The van der Waals surface area contributed by atoms with E-state index in [0.29, 0.717) is 5.56 Å². The monoisotopic (exact) mass is 345 g/mol. The lowest BCUT2D eigenvalue weighted by atomic mass is 9.87. The van der Waals surface area contributed by atoms with E-state index in [-0.39, 0.29) is 17.1 Å². The zero-order chi connectivity index (χ0) is 18.7. The van der Waals surface area contributed by atoms with Gasteiger partial charge >= 0.3 is 0 Å². The molecule has 0 aliphatic rings. The molecule has 3 heteroatoms. The number of anilines is 1. The Morgan fingerprint density at radius 2 is 1.27 bits per heavy atom. The first-order valence-corrected chi connectivity index (χ1v) is 8.64. The van der Waals surface area contributed by atoms with Crippen molar-refractivity contribution in [2.24, 2.45) is 0 Å². The molecule has 3 nitrogen and oxygen atoms in total. The topological polar surface area (TPSA) is 49.3 Å². The van der Waals surface area contributed by atoms with Crippen LogP contribution < -0.4 is 5.32 Å². The fourth-order valence-electron chi connectivity index (χ4n) is 2.72. The maximum atomic E-state index is 12.4. The molecule has 132 valence electrons. The molecule has 0 unspecified atom stereocenters. The van der Waals surface area contributed by atoms with Gasteiger partial charge in [0.25, 0.3) is 5.91 Å². The summed E-state index contributed by atoms with van der Waals surface area (Å²) in [6, 6.07) is 22.4. The van der Waals surface area contributed by atoms with Crippen molar-refractivity contribution in [1.29, 1.82) is 0 Å². The molecule has 0 atom stereocenters. The molecular weight excluding hydrogens is 322 g/mol. The second-order valence-electron chi connectivity index (χ2n) is 7.41. The van der Waals surface area contributed by atoms with Crippen LogP contribution in [0.5, 0.6) is 5.75 Å². The summed E-state index contributed by atoms with van der Waals surface area (Å²) in [4.78, 5) is 12.4. The summed E-state index contributed by atoms with van der Waals surface area (Å²) in [6.45, 7) is 6.49. The molecule has 2 N–H and O–H groups in total. The second kappa shape index (κ2) is 7.04. The van der Waals surface area contributed by atoms with E-state index in [1.165, 1.54) is 5.56 Å². The van der Waals surface area contributed by atoms with Gasteiger partial charge in [0.05, 0.1) is 0 Å². The maximum absolute atomic E-state index is 12.4. The molecule has 3 aromatic rings. The quantitative estimate of drug-likeness (QED) is 0.648. The van der Waals surface area contributed by atoms with E-state index in [2.05, 4.69) is 26.1 Å². The van der Waals surface area contributed by atoms with Crippen molar-refractivity contribution < 1.29 is 9.90 Å². The van der Waals surface area contributed by atoms with E-state index in [0.717, 1.165) is 16.8 Å². The molecule has 0 saturated carbocycles. The summed E-state index contributed by atoms with van der Waals surface area (Å²) in [5.74, 6) is 0.105. The highest BCUT2D eigenvalue weighted by Gasteiger charge is 2.13. The minimum atomic E-state index is -0.134. The first-order chi connectivity index (χ1) is 12.3. The lowest BCUT2D eigenvalue weighted by molar-refractivity contribution is 0.102. The Bertz CT molecular complexity index is 887. The third-order valence-corrected chi connectivity index (χ3v) is 4.36. The molecule has 3 rings (SSSR count). The summed E-state index contributed by atoms with van der Waals surface area (Å²) < 4.78 is 0. The van der Waals surface area contributed by atoms with Gasteiger partial charge in [0.15, 0.2) is 0 Å². The average molecular weight is 345 g/mol. The highest BCUT2D eigenvalue weighted by molar-refractivity contribution is 6.04. The Hall–Kier alpha value is -3.07. The number of aromatic hydroxyl groups is 1. The number of phenolic OH excluding ortho intramolecular Hbond substituents is 1. The third kappa shape index (κ3) is 4.12. The van der Waals surface area contributed by atoms with Crippen LogP contribution in [0.2, 0.25) is 0 Å². The Balaban J connectivity index is 1.71. The van der Waals surface area contributed by atoms with E-state index < -0.39 is 0 Å². The summed E-state index contributed by atoms with van der Waals surface area (Å²) in [5, 5.41) is 12.3. The maximum Gasteiger partial charge on any atom is 0.255 e. The van der Waals surface area contributed by atoms with Crippen molar-refractivity contribution in [3.63, 3.8) is 0 Å². The molecule has 0 bridgehead atoms. The lowest BCUT2D eigenvalue weighted by Crippen LogP contribution is -2.13. The summed E-state index contributed by atoms with van der Waals surface area (Å²) >= 11 is 0. The number of carbonyl (C=O) groups is 1. The predicted octanol–water partition coefficient (Wildman–Crippen LogP) is 5.61. The van der Waals surface area contributed by atoms with E-state index in [1.807, 2.05) is 48.5 Å². The van der Waals surface area contributed by atoms with Crippen LogP contribution in [0.3, 0.4) is 0 Å². The molecule has 3 aromatic carbocycles. The number of carbonyl (C=O) groups excluding carboxylic acids is 1. The number of hydrogen-bond donors (Lipinski definition) is 2. The van der Waals surface area contributed by atoms with Crippen molar-refractivity contribution in [3.05, 3.63) is 83.9 Å². The Labute approximate surface area is 154 Å². The van der Waals surface area contributed by atoms with Gasteiger partial charge in [-0.2, -0.15) is 0 Å². The smallest absolute Gasteiger partial charge is 0.255 e. The van der Waals surface area contributed by atoms with Crippen LogP contribution in [0.25, 0.3) is 11.1 Å². The van der Waals surface area contributed by atoms with E-state index >= 15 is 0 Å². The van der Waals surface area contributed by atoms with Crippen LogP contribution in [0, 0.1) is 0 Å². The van der Waals surface area contributed by atoms with Crippen molar-refractivity contribution in [2.75, 3.05) is 5.32 Å². The van der Waals surface area contributed by atoms with Gasteiger partial charge in [-0.05, 0) is 58.5 Å². The number of amides is 1. The number of nitrogens with one attached hydrogen (secondary N) is 1. The summed E-state index contributed by atoms with van der Waals surface area (Å²) in [7, 11) is 0. The molecule has 26 heavy (non-hydrogen) atoms. The van der Waals surface area contributed by atoms with Gasteiger partial charge in [-0.15, -0.1) is 0 Å². The van der Waals surface area contributed by atoms with E-state index in [1.54, 1.807) is 24.3 Å². The molecule has 0 aromatic heterocycles. The SMILES string of the molecule is CC(C)(C)c1ccc(NC(=O)c2ccc(-c3ccc(O)cc3)cc2)cc1. The second-order valence-corrected chi connectivity index (χ2v) is 7.41. The molecule has 0 fully saturated rings. The number of benzene rings is 3. The summed E-state index contributed by atoms with van der Waals surface area (Å²) in [6.07, 6.45) is 0. The van der Waals surface area contributed by atoms with E-state index in [4.69, 9.17) is 0 Å². The normalized spacial score (nSPS) is 11.2. The van der Waals surface area contributed by atoms with Crippen molar-refractivity contribution >= 4 is 11.6 Å². The first kappa shape index (κ1) is 17.7. The molecule has 0 spiro atoms. The molecule has 0 aliphatic carbocycles. The van der Waals surface area contributed by atoms with Gasteiger partial charge in [-0.25, -0.2) is 0 Å². The zero-order valence-corrected chi connectivity index (χ0v) is 15.3. The van der Waals surface area contributed by atoms with E-state index in [9.17, 15) is 9.90 Å². The zero-order valence-electron chi connectivity index (χ0n) is 15.3. The number of hydrogen-bond acceptors (Lipinski definition) is 2. The van der Waals surface area contributed by atoms with Crippen LogP contribution in [-0.4, -0.2) is 11.0 Å². The van der Waals surface area contributed by atoms with Crippen molar-refractivity contribution in [1.82, 2.24) is 0 Å². The molecule has 0 saturated heterocycles. The molecule has 0 radical (unpaired) electrons. The van der Waals surface area contributed by atoms with Gasteiger partial charge < -0.3 is 10.4 Å². The molecule has 0 aliphatic heterocycles. The number of rotatable bonds is 3. The number of phenols is 1. The first-order valence-electron chi connectivity index (χ1n) is 8.64. The van der Waals surface area contributed by atoms with Gasteiger partial charge in [0.1, 0.15) is 5.75 Å². The Morgan fingerprint density at radius 3 is 1.77 bits per heavy atom. The molecular formula is C23H23NO2. The van der Waals surface area contributed by atoms with Crippen LogP contribution in [0.15, 0.2) is 72.8 Å². The minimum Gasteiger partial charge on any atom is -0.508 e. The molecule has 0 heterocycles. The lowest BCUT2D eigenvalue weighted by Gasteiger charge is -2.19. The van der Waals surface area contributed by atoms with Crippen molar-refractivity contribution in [3.8, 4) is 16.9 Å². The third-order valence-electron chi connectivity index (χ3n) is 4.36. The van der Waals surface area contributed by atoms with Gasteiger partial charge in [-0.3, -0.25) is 4.79 Å². The van der Waals surface area contributed by atoms with Crippen LogP contribution >= 0.6 is 0 Å². The Morgan fingerprint density at radius 1 is 0.769 bits per heavy atom. The standard InChI is InChI=1S/C23H23NO2/c1-23(2,3)19-10-12-20(13-11-19)24-22(26)18-6-4-16(5-7-18)17-8-14-21(25)15-9-17/h4-15,25H,1-3H3,(H,24,26). The van der Waals surface area contributed by atoms with Gasteiger partial charge in [0, 0.05) is 11.3 Å². The fraction of sp³-hybridized carbons (Fsp3) is 0.174. The van der Waals surface area contributed by atoms with Crippen LogP contribution in [-0.2, 0) is 5.41 Å².